The molecule has 1 aromatic carbocycles. The summed E-state index contributed by atoms with van der Waals surface area (Å²) in [5.41, 5.74) is 6.38. The van der Waals surface area contributed by atoms with Gasteiger partial charge in [0.05, 0.1) is 7.11 Å². The number of nitrogens with one attached hydrogen (secondary N) is 2. The first-order valence-electron chi connectivity index (χ1n) is 7.77. The third kappa shape index (κ3) is 8.44. The van der Waals surface area contributed by atoms with E-state index in [0.717, 1.165) is 50.2 Å². The van der Waals surface area contributed by atoms with Crippen LogP contribution in [0.3, 0.4) is 0 Å². The zero-order chi connectivity index (χ0) is 16.0. The minimum Gasteiger partial charge on any atom is -0.497 e. The molecule has 0 bridgehead atoms. The first-order chi connectivity index (χ1) is 10.8. The monoisotopic (exact) mass is 305 g/mol. The highest BCUT2D eigenvalue weighted by Crippen LogP contribution is 2.12. The first-order valence-corrected chi connectivity index (χ1v) is 7.77. The van der Waals surface area contributed by atoms with Crippen molar-refractivity contribution in [3.05, 3.63) is 35.9 Å². The summed E-state index contributed by atoms with van der Waals surface area (Å²) in [6.45, 7) is 3.36. The molecule has 0 aliphatic carbocycles. The third-order valence-electron chi connectivity index (χ3n) is 3.18. The van der Waals surface area contributed by atoms with Crippen LogP contribution in [0.5, 0.6) is 5.75 Å². The van der Waals surface area contributed by atoms with Crippen molar-refractivity contribution >= 4 is 12.0 Å². The summed E-state index contributed by atoms with van der Waals surface area (Å²) in [6.07, 6.45) is 6.38. The Morgan fingerprint density at radius 1 is 1.14 bits per heavy atom. The molecule has 0 saturated heterocycles. The summed E-state index contributed by atoms with van der Waals surface area (Å²) in [7, 11) is 1.63. The molecule has 5 heteroatoms. The summed E-state index contributed by atoms with van der Waals surface area (Å²) in [6, 6.07) is 7.57. The van der Waals surface area contributed by atoms with Gasteiger partial charge in [-0.1, -0.05) is 12.1 Å². The number of unbranched alkanes of at least 4 members (excludes halogenated alkanes) is 1. The number of methoxy groups -OCH3 is 1. The lowest BCUT2D eigenvalue weighted by molar-refractivity contribution is -0.116. The van der Waals surface area contributed by atoms with Crippen LogP contribution in [0.2, 0.25) is 0 Å². The second-order valence-corrected chi connectivity index (χ2v) is 5.00. The normalized spacial score (nSPS) is 10.8. The van der Waals surface area contributed by atoms with Crippen molar-refractivity contribution in [1.29, 1.82) is 0 Å². The summed E-state index contributed by atoms with van der Waals surface area (Å²) < 4.78 is 5.09. The van der Waals surface area contributed by atoms with E-state index in [1.54, 1.807) is 19.3 Å². The van der Waals surface area contributed by atoms with Crippen LogP contribution in [-0.2, 0) is 4.79 Å². The maximum Gasteiger partial charge on any atom is 0.243 e. The topological polar surface area (TPSA) is 76.4 Å². The van der Waals surface area contributed by atoms with E-state index in [9.17, 15) is 4.79 Å². The first kappa shape index (κ1) is 18.2. The fourth-order valence-electron chi connectivity index (χ4n) is 1.88. The predicted molar refractivity (Wildman–Crippen MR) is 90.8 cm³/mol. The van der Waals surface area contributed by atoms with Crippen molar-refractivity contribution in [3.63, 3.8) is 0 Å². The largest absolute Gasteiger partial charge is 0.497 e. The molecule has 1 amide bonds. The zero-order valence-electron chi connectivity index (χ0n) is 13.3. The summed E-state index contributed by atoms with van der Waals surface area (Å²) in [4.78, 5) is 11.7. The molecule has 0 unspecified atom stereocenters. The number of hydrogen-bond acceptors (Lipinski definition) is 4. The maximum absolute atomic E-state index is 11.7. The molecule has 1 aromatic rings. The van der Waals surface area contributed by atoms with Gasteiger partial charge in [0.15, 0.2) is 0 Å². The van der Waals surface area contributed by atoms with Crippen LogP contribution < -0.4 is 21.1 Å². The van der Waals surface area contributed by atoms with Gasteiger partial charge in [0, 0.05) is 12.6 Å². The average Bonchev–Trinajstić information content (AvgIpc) is 2.56. The second-order valence-electron chi connectivity index (χ2n) is 5.00. The number of hydrogen-bond donors (Lipinski definition) is 3. The molecule has 0 aromatic heterocycles. The average molecular weight is 305 g/mol. The summed E-state index contributed by atoms with van der Waals surface area (Å²) >= 11 is 0. The van der Waals surface area contributed by atoms with Crippen LogP contribution in [-0.4, -0.2) is 39.2 Å². The number of ether oxygens (including phenoxy) is 1. The molecule has 0 aliphatic rings. The van der Waals surface area contributed by atoms with Crippen LogP contribution in [0.25, 0.3) is 6.08 Å². The highest BCUT2D eigenvalue weighted by atomic mass is 16.5. The Morgan fingerprint density at radius 3 is 2.50 bits per heavy atom. The van der Waals surface area contributed by atoms with E-state index in [1.807, 2.05) is 24.3 Å². The minimum absolute atomic E-state index is 0.0630. The van der Waals surface area contributed by atoms with Gasteiger partial charge in [-0.15, -0.1) is 0 Å². The highest BCUT2D eigenvalue weighted by molar-refractivity contribution is 5.91. The van der Waals surface area contributed by atoms with Gasteiger partial charge in [-0.25, -0.2) is 0 Å². The molecule has 4 N–H and O–H groups in total. The molecule has 1 rings (SSSR count). The Bertz CT molecular complexity index is 444. The van der Waals surface area contributed by atoms with E-state index in [4.69, 9.17) is 10.5 Å². The number of amides is 1. The molecule has 0 saturated carbocycles. The van der Waals surface area contributed by atoms with Crippen molar-refractivity contribution in [2.75, 3.05) is 33.3 Å². The Kier molecular flexibility index (Phi) is 9.74. The zero-order valence-corrected chi connectivity index (χ0v) is 13.3. The number of carbonyl (C=O) groups excluding carboxylic acids is 1. The maximum atomic E-state index is 11.7. The molecule has 0 radical (unpaired) electrons. The lowest BCUT2D eigenvalue weighted by atomic mass is 10.2. The van der Waals surface area contributed by atoms with Crippen LogP contribution in [0.4, 0.5) is 0 Å². The number of benzene rings is 1. The molecule has 5 nitrogen and oxygen atoms in total. The number of rotatable bonds is 11. The van der Waals surface area contributed by atoms with E-state index in [2.05, 4.69) is 10.6 Å². The molecule has 0 spiro atoms. The molecular formula is C17H27N3O2. The Balaban J connectivity index is 2.11. The van der Waals surface area contributed by atoms with E-state index in [1.165, 1.54) is 0 Å². The summed E-state index contributed by atoms with van der Waals surface area (Å²) in [5, 5.41) is 6.19. The van der Waals surface area contributed by atoms with E-state index in [-0.39, 0.29) is 5.91 Å². The van der Waals surface area contributed by atoms with Crippen molar-refractivity contribution < 1.29 is 9.53 Å². The van der Waals surface area contributed by atoms with Gasteiger partial charge in [0.2, 0.25) is 5.91 Å². The summed E-state index contributed by atoms with van der Waals surface area (Å²) in [5.74, 6) is 0.744. The van der Waals surface area contributed by atoms with Gasteiger partial charge in [0.25, 0.3) is 0 Å². The Morgan fingerprint density at radius 2 is 1.82 bits per heavy atom. The van der Waals surface area contributed by atoms with Crippen molar-refractivity contribution in [2.24, 2.45) is 5.73 Å². The quantitative estimate of drug-likeness (QED) is 0.428. The van der Waals surface area contributed by atoms with Crippen molar-refractivity contribution in [1.82, 2.24) is 10.6 Å². The van der Waals surface area contributed by atoms with Crippen LogP contribution in [0.15, 0.2) is 30.3 Å². The molecule has 122 valence electrons. The second kappa shape index (κ2) is 11.8. The molecule has 0 fully saturated rings. The fraction of sp³-hybridized carbons (Fsp3) is 0.471. The van der Waals surface area contributed by atoms with Crippen LogP contribution >= 0.6 is 0 Å². The molecule has 0 atom stereocenters. The lowest BCUT2D eigenvalue weighted by Crippen LogP contribution is -2.24. The van der Waals surface area contributed by atoms with Gasteiger partial charge in [-0.05, 0) is 62.7 Å². The highest BCUT2D eigenvalue weighted by Gasteiger charge is 1.96. The van der Waals surface area contributed by atoms with Gasteiger partial charge >= 0.3 is 0 Å². The Hall–Kier alpha value is -1.85. The molecular weight excluding hydrogens is 278 g/mol. The third-order valence-corrected chi connectivity index (χ3v) is 3.18. The molecule has 0 aliphatic heterocycles. The Labute approximate surface area is 132 Å². The minimum atomic E-state index is -0.0630. The lowest BCUT2D eigenvalue weighted by Gasteiger charge is -2.04. The van der Waals surface area contributed by atoms with Gasteiger partial charge in [0.1, 0.15) is 5.75 Å². The van der Waals surface area contributed by atoms with E-state index in [0.29, 0.717) is 6.54 Å². The van der Waals surface area contributed by atoms with E-state index < -0.39 is 0 Å². The fourth-order valence-corrected chi connectivity index (χ4v) is 1.88. The van der Waals surface area contributed by atoms with Gasteiger partial charge in [-0.2, -0.15) is 0 Å². The predicted octanol–water partition coefficient (Wildman–Crippen LogP) is 1.54. The number of carbonyl (C=O) groups is 1. The SMILES string of the molecule is COc1ccc(/C=C/C(=O)NCCCCNCCCN)cc1. The van der Waals surface area contributed by atoms with Gasteiger partial charge < -0.3 is 21.1 Å². The van der Waals surface area contributed by atoms with E-state index >= 15 is 0 Å². The van der Waals surface area contributed by atoms with Crippen molar-refractivity contribution in [2.45, 2.75) is 19.3 Å². The molecule has 22 heavy (non-hydrogen) atoms. The molecule has 0 heterocycles. The van der Waals surface area contributed by atoms with Crippen LogP contribution in [0.1, 0.15) is 24.8 Å². The smallest absolute Gasteiger partial charge is 0.243 e. The van der Waals surface area contributed by atoms with Crippen molar-refractivity contribution in [3.8, 4) is 5.75 Å². The van der Waals surface area contributed by atoms with Crippen LogP contribution in [0, 0.1) is 0 Å². The standard InChI is InChI=1S/C17H27N3O2/c1-22-16-8-5-15(6-9-16)7-10-17(21)20-14-3-2-12-19-13-4-11-18/h5-10,19H,2-4,11-14,18H2,1H3,(H,20,21)/b10-7+. The number of nitrogens with two attached hydrogens (primary N) is 1. The van der Waals surface area contributed by atoms with Gasteiger partial charge in [-0.3, -0.25) is 4.79 Å².